The topological polar surface area (TPSA) is 32.3 Å². The lowest BCUT2D eigenvalue weighted by Gasteiger charge is -2.30. The van der Waals surface area contributed by atoms with Crippen LogP contribution in [0.15, 0.2) is 23.1 Å². The molecular formula is C15H23ClN2OS. The molecule has 1 N–H and O–H groups in total. The fourth-order valence-electron chi connectivity index (χ4n) is 2.19. The van der Waals surface area contributed by atoms with E-state index >= 15 is 0 Å². The van der Waals surface area contributed by atoms with Gasteiger partial charge in [-0.15, -0.1) is 12.6 Å². The van der Waals surface area contributed by atoms with Gasteiger partial charge in [0.15, 0.2) is 0 Å². The number of carbonyl (C=O) groups is 1. The van der Waals surface area contributed by atoms with Crippen LogP contribution in [0.5, 0.6) is 0 Å². The van der Waals surface area contributed by atoms with Crippen LogP contribution in [0.3, 0.4) is 0 Å². The number of thiol groups is 1. The molecule has 0 aromatic heterocycles. The quantitative estimate of drug-likeness (QED) is 0.788. The molecule has 0 aliphatic carbocycles. The molecule has 0 saturated carbocycles. The normalized spacial score (nSPS) is 11.4. The summed E-state index contributed by atoms with van der Waals surface area (Å²) in [6.07, 6.45) is 0. The van der Waals surface area contributed by atoms with Gasteiger partial charge in [0.25, 0.3) is 5.91 Å². The summed E-state index contributed by atoms with van der Waals surface area (Å²) in [6.45, 7) is 10.0. The van der Waals surface area contributed by atoms with Crippen LogP contribution in [0, 0.1) is 0 Å². The molecule has 0 unspecified atom stereocenters. The lowest BCUT2D eigenvalue weighted by atomic mass is 10.2. The zero-order chi connectivity index (χ0) is 15.3. The van der Waals surface area contributed by atoms with Gasteiger partial charge in [0.2, 0.25) is 0 Å². The fraction of sp³-hybridized carbons (Fsp3) is 0.533. The number of benzene rings is 1. The van der Waals surface area contributed by atoms with Crippen molar-refractivity contribution in [1.29, 1.82) is 0 Å². The van der Waals surface area contributed by atoms with Crippen LogP contribution >= 0.6 is 24.2 Å². The lowest BCUT2D eigenvalue weighted by molar-refractivity contribution is 0.0939. The SMILES string of the molecule is CC(C)N(CCNC(=O)c1cc(S)ccc1Cl)C(C)C. The minimum atomic E-state index is -0.154. The third-order valence-corrected chi connectivity index (χ3v) is 3.78. The van der Waals surface area contributed by atoms with E-state index in [0.29, 0.717) is 29.2 Å². The Morgan fingerprint density at radius 1 is 1.30 bits per heavy atom. The van der Waals surface area contributed by atoms with Gasteiger partial charge in [0.05, 0.1) is 10.6 Å². The summed E-state index contributed by atoms with van der Waals surface area (Å²) in [7, 11) is 0. The first-order valence-corrected chi connectivity index (χ1v) is 7.68. The van der Waals surface area contributed by atoms with E-state index in [0.717, 1.165) is 11.4 Å². The van der Waals surface area contributed by atoms with Crippen LogP contribution < -0.4 is 5.32 Å². The van der Waals surface area contributed by atoms with E-state index in [9.17, 15) is 4.79 Å². The maximum Gasteiger partial charge on any atom is 0.252 e. The molecule has 5 heteroatoms. The highest BCUT2D eigenvalue weighted by molar-refractivity contribution is 7.80. The zero-order valence-corrected chi connectivity index (χ0v) is 14.1. The molecule has 0 spiro atoms. The van der Waals surface area contributed by atoms with Crippen LogP contribution in [-0.4, -0.2) is 36.0 Å². The number of hydrogen-bond donors (Lipinski definition) is 2. The van der Waals surface area contributed by atoms with Crippen LogP contribution in [0.2, 0.25) is 5.02 Å². The molecule has 20 heavy (non-hydrogen) atoms. The van der Waals surface area contributed by atoms with Crippen molar-refractivity contribution in [3.8, 4) is 0 Å². The first-order chi connectivity index (χ1) is 9.32. The van der Waals surface area contributed by atoms with E-state index in [1.165, 1.54) is 0 Å². The largest absolute Gasteiger partial charge is 0.351 e. The minimum Gasteiger partial charge on any atom is -0.351 e. The van der Waals surface area contributed by atoms with Crippen LogP contribution in [0.25, 0.3) is 0 Å². The van der Waals surface area contributed by atoms with E-state index < -0.39 is 0 Å². The lowest BCUT2D eigenvalue weighted by Crippen LogP contribution is -2.42. The number of rotatable bonds is 6. The highest BCUT2D eigenvalue weighted by Gasteiger charge is 2.14. The molecule has 0 aliphatic heterocycles. The Balaban J connectivity index is 2.57. The second-order valence-corrected chi connectivity index (χ2v) is 6.27. The minimum absolute atomic E-state index is 0.154. The van der Waals surface area contributed by atoms with Crippen molar-refractivity contribution < 1.29 is 4.79 Å². The summed E-state index contributed by atoms with van der Waals surface area (Å²) in [6, 6.07) is 6.05. The van der Waals surface area contributed by atoms with E-state index in [4.69, 9.17) is 11.6 Å². The highest BCUT2D eigenvalue weighted by atomic mass is 35.5. The number of amides is 1. The smallest absolute Gasteiger partial charge is 0.252 e. The third-order valence-electron chi connectivity index (χ3n) is 3.18. The van der Waals surface area contributed by atoms with E-state index in [1.807, 2.05) is 0 Å². The number of nitrogens with zero attached hydrogens (tertiary/aromatic N) is 1. The van der Waals surface area contributed by atoms with Crippen molar-refractivity contribution in [2.45, 2.75) is 44.7 Å². The molecule has 1 rings (SSSR count). The van der Waals surface area contributed by atoms with E-state index in [2.05, 4.69) is 50.5 Å². The van der Waals surface area contributed by atoms with Crippen LogP contribution in [-0.2, 0) is 0 Å². The van der Waals surface area contributed by atoms with Gasteiger partial charge in [0.1, 0.15) is 0 Å². The van der Waals surface area contributed by atoms with Gasteiger partial charge in [-0.05, 0) is 45.9 Å². The molecule has 1 aromatic rings. The molecule has 0 atom stereocenters. The molecule has 0 heterocycles. The Kier molecular flexibility index (Phi) is 6.86. The summed E-state index contributed by atoms with van der Waals surface area (Å²) in [4.78, 5) is 15.1. The number of carbonyl (C=O) groups excluding carboxylic acids is 1. The third kappa shape index (κ3) is 5.00. The summed E-state index contributed by atoms with van der Waals surface area (Å²) >= 11 is 10.3. The molecule has 0 bridgehead atoms. The standard InChI is InChI=1S/C15H23ClN2OS/c1-10(2)18(11(3)4)8-7-17-15(19)13-9-12(20)5-6-14(13)16/h5-6,9-11,20H,7-8H2,1-4H3,(H,17,19). The first-order valence-electron chi connectivity index (χ1n) is 6.85. The average molecular weight is 315 g/mol. The van der Waals surface area contributed by atoms with E-state index in [-0.39, 0.29) is 5.91 Å². The Bertz CT molecular complexity index is 455. The van der Waals surface area contributed by atoms with Gasteiger partial charge in [0, 0.05) is 30.1 Å². The molecule has 0 aliphatic rings. The molecule has 0 radical (unpaired) electrons. The van der Waals surface area contributed by atoms with Gasteiger partial charge in [-0.3, -0.25) is 9.69 Å². The Morgan fingerprint density at radius 2 is 1.90 bits per heavy atom. The monoisotopic (exact) mass is 314 g/mol. The van der Waals surface area contributed by atoms with Gasteiger partial charge >= 0.3 is 0 Å². The highest BCUT2D eigenvalue weighted by Crippen LogP contribution is 2.19. The number of nitrogens with one attached hydrogen (secondary N) is 1. The second kappa shape index (κ2) is 7.91. The van der Waals surface area contributed by atoms with Gasteiger partial charge in [-0.2, -0.15) is 0 Å². The van der Waals surface area contributed by atoms with Crippen LogP contribution in [0.1, 0.15) is 38.1 Å². The predicted molar refractivity (Wildman–Crippen MR) is 88.0 cm³/mol. The molecule has 0 saturated heterocycles. The van der Waals surface area contributed by atoms with Gasteiger partial charge in [-0.25, -0.2) is 0 Å². The average Bonchev–Trinajstić information content (AvgIpc) is 2.36. The number of hydrogen-bond acceptors (Lipinski definition) is 3. The van der Waals surface area contributed by atoms with E-state index in [1.54, 1.807) is 18.2 Å². The van der Waals surface area contributed by atoms with Crippen molar-refractivity contribution >= 4 is 30.1 Å². The van der Waals surface area contributed by atoms with Crippen molar-refractivity contribution in [2.75, 3.05) is 13.1 Å². The van der Waals surface area contributed by atoms with Crippen molar-refractivity contribution in [3.63, 3.8) is 0 Å². The van der Waals surface area contributed by atoms with Crippen molar-refractivity contribution in [3.05, 3.63) is 28.8 Å². The molecule has 3 nitrogen and oxygen atoms in total. The Hall–Kier alpha value is -0.710. The summed E-state index contributed by atoms with van der Waals surface area (Å²) < 4.78 is 0. The maximum absolute atomic E-state index is 12.1. The second-order valence-electron chi connectivity index (χ2n) is 5.35. The first kappa shape index (κ1) is 17.3. The Labute approximate surface area is 132 Å². The van der Waals surface area contributed by atoms with Crippen molar-refractivity contribution in [1.82, 2.24) is 10.2 Å². The maximum atomic E-state index is 12.1. The summed E-state index contributed by atoms with van der Waals surface area (Å²) in [5.41, 5.74) is 0.472. The zero-order valence-electron chi connectivity index (χ0n) is 12.5. The van der Waals surface area contributed by atoms with Gasteiger partial charge in [-0.1, -0.05) is 11.6 Å². The Morgan fingerprint density at radius 3 is 2.45 bits per heavy atom. The summed E-state index contributed by atoms with van der Waals surface area (Å²) in [5, 5.41) is 3.36. The van der Waals surface area contributed by atoms with Gasteiger partial charge < -0.3 is 5.32 Å². The molecule has 0 fully saturated rings. The summed E-state index contributed by atoms with van der Waals surface area (Å²) in [5.74, 6) is -0.154. The molecule has 1 aromatic carbocycles. The predicted octanol–water partition coefficient (Wildman–Crippen LogP) is 3.48. The molecule has 1 amide bonds. The molecular weight excluding hydrogens is 292 g/mol. The number of halogens is 1. The molecule has 112 valence electrons. The fourth-order valence-corrected chi connectivity index (χ4v) is 2.60. The van der Waals surface area contributed by atoms with Crippen molar-refractivity contribution in [2.24, 2.45) is 0 Å². The van der Waals surface area contributed by atoms with Crippen LogP contribution in [0.4, 0.5) is 0 Å².